The third-order valence-electron chi connectivity index (χ3n) is 11.4. The normalized spacial score (nSPS) is 17.6. The molecule has 4 aromatic rings. The molecule has 1 aliphatic heterocycles. The smallest absolute Gasteiger partial charge is 0.264 e. The third-order valence-corrected chi connectivity index (χ3v) is 13.5. The van der Waals surface area contributed by atoms with E-state index in [0.29, 0.717) is 43.8 Å². The van der Waals surface area contributed by atoms with Gasteiger partial charge in [0, 0.05) is 40.6 Å². The molecule has 0 atom stereocenters. The number of unbranched alkanes of at least 4 members (excludes halogenated alkanes) is 2. The van der Waals surface area contributed by atoms with Crippen molar-refractivity contribution in [1.29, 1.82) is 0 Å². The van der Waals surface area contributed by atoms with E-state index in [9.17, 15) is 26.2 Å². The maximum atomic E-state index is 14.2. The van der Waals surface area contributed by atoms with Gasteiger partial charge in [0.1, 0.15) is 0 Å². The quantitative estimate of drug-likeness (QED) is 0.0571. The van der Waals surface area contributed by atoms with Crippen molar-refractivity contribution in [2.75, 3.05) is 34.8 Å². The van der Waals surface area contributed by atoms with Crippen molar-refractivity contribution < 1.29 is 30.7 Å². The minimum absolute atomic E-state index is 0.0872. The van der Waals surface area contributed by atoms with E-state index < -0.39 is 25.7 Å². The molecule has 1 heterocycles. The summed E-state index contributed by atoms with van der Waals surface area (Å²) in [5.41, 5.74) is 5.56. The maximum absolute atomic E-state index is 14.2. The van der Waals surface area contributed by atoms with E-state index >= 15 is 0 Å². The number of carbonyl (C=O) groups is 1. The van der Waals surface area contributed by atoms with Gasteiger partial charge in [0.15, 0.2) is 5.78 Å². The molecule has 0 saturated carbocycles. The largest absolute Gasteiger partial charge is 0.385 e. The van der Waals surface area contributed by atoms with Gasteiger partial charge in [0.25, 0.3) is 20.2 Å². The van der Waals surface area contributed by atoms with E-state index in [1.807, 2.05) is 68.5 Å². The number of allylic oxidation sites excluding steroid dienone is 8. The molecule has 4 aromatic carbocycles. The standard InChI is InChI=1S/C46H53ClN2O7S2/c1-45(2)40(49(29-10-12-31-58(54,55)56)39-25-21-33-15-6-8-19-37(33)43(39)45)26-22-34-16-13-17-35(44(34)47)23-27-41(50)46(3,4)42-36-18-7-5-14-32(36)20-24-38(42)48-28-9-11-30-57(51,52)53/h5-8,14-15,18-27,48H,9-13,16-17,28-31H2,1-4H3,(H,51,52,53)(H,54,55,56). The van der Waals surface area contributed by atoms with Gasteiger partial charge >= 0.3 is 0 Å². The summed E-state index contributed by atoms with van der Waals surface area (Å²) in [7, 11) is -8.08. The molecule has 3 N–H and O–H groups in total. The molecule has 0 saturated heterocycles. The van der Waals surface area contributed by atoms with Gasteiger partial charge < -0.3 is 10.2 Å². The molecular formula is C46H53ClN2O7S2. The van der Waals surface area contributed by atoms with E-state index in [1.54, 1.807) is 6.08 Å². The summed E-state index contributed by atoms with van der Waals surface area (Å²) in [6, 6.07) is 24.5. The first-order valence-electron chi connectivity index (χ1n) is 19.9. The molecule has 2 aliphatic rings. The molecule has 1 aliphatic carbocycles. The Morgan fingerprint density at radius 1 is 0.828 bits per heavy atom. The van der Waals surface area contributed by atoms with Crippen molar-refractivity contribution in [3.8, 4) is 0 Å². The fraction of sp³-hybridized carbons (Fsp3) is 0.370. The van der Waals surface area contributed by atoms with Crippen LogP contribution in [0.4, 0.5) is 11.4 Å². The van der Waals surface area contributed by atoms with Crippen LogP contribution in [-0.4, -0.2) is 56.3 Å². The molecule has 58 heavy (non-hydrogen) atoms. The SMILES string of the molecule is CC(C)(C(=O)C=CC1=C(Cl)C(=CC=C2N(CCCCS(=O)(=O)O)c3ccc4ccccc4c3C2(C)C)CCC1)c1c(NCCCCS(=O)(=O)O)ccc2ccccc12. The first-order valence-corrected chi connectivity index (χ1v) is 23.5. The Labute approximate surface area is 348 Å². The molecule has 12 heteroatoms. The number of fused-ring (bicyclic) bond motifs is 4. The molecule has 6 rings (SSSR count). The lowest BCUT2D eigenvalue weighted by Gasteiger charge is -2.28. The number of nitrogens with one attached hydrogen (secondary N) is 1. The Hall–Kier alpha value is -4.26. The van der Waals surface area contributed by atoms with E-state index in [-0.39, 0.29) is 22.7 Å². The molecule has 9 nitrogen and oxygen atoms in total. The highest BCUT2D eigenvalue weighted by Gasteiger charge is 2.41. The lowest BCUT2D eigenvalue weighted by atomic mass is 9.76. The Balaban J connectivity index is 1.28. The second kappa shape index (κ2) is 17.5. The number of ketones is 1. The number of anilines is 2. The molecular weight excluding hydrogens is 792 g/mol. The third kappa shape index (κ3) is 9.77. The summed E-state index contributed by atoms with van der Waals surface area (Å²) < 4.78 is 63.8. The predicted molar refractivity (Wildman–Crippen MR) is 238 cm³/mol. The van der Waals surface area contributed by atoms with Crippen LogP contribution in [0.3, 0.4) is 0 Å². The molecule has 0 aromatic heterocycles. The summed E-state index contributed by atoms with van der Waals surface area (Å²) in [5, 5.41) is 8.31. The highest BCUT2D eigenvalue weighted by molar-refractivity contribution is 7.86. The van der Waals surface area contributed by atoms with Crippen LogP contribution in [0.15, 0.2) is 119 Å². The van der Waals surface area contributed by atoms with Crippen molar-refractivity contribution in [2.45, 2.75) is 83.5 Å². The van der Waals surface area contributed by atoms with Crippen LogP contribution in [0.5, 0.6) is 0 Å². The Kier molecular flexibility index (Phi) is 13.1. The molecule has 0 unspecified atom stereocenters. The predicted octanol–water partition coefficient (Wildman–Crippen LogP) is 10.4. The second-order valence-electron chi connectivity index (χ2n) is 16.3. The lowest BCUT2D eigenvalue weighted by Crippen LogP contribution is -2.29. The van der Waals surface area contributed by atoms with Crippen LogP contribution in [0.2, 0.25) is 0 Å². The number of rotatable bonds is 16. The number of hydrogen-bond acceptors (Lipinski definition) is 7. The topological polar surface area (TPSA) is 141 Å². The van der Waals surface area contributed by atoms with Crippen molar-refractivity contribution in [3.05, 3.63) is 130 Å². The van der Waals surface area contributed by atoms with Crippen LogP contribution < -0.4 is 10.2 Å². The molecule has 0 amide bonds. The van der Waals surface area contributed by atoms with Crippen LogP contribution in [-0.2, 0) is 35.9 Å². The van der Waals surface area contributed by atoms with Crippen molar-refractivity contribution in [2.24, 2.45) is 0 Å². The first kappa shape index (κ1) is 43.3. The van der Waals surface area contributed by atoms with Crippen LogP contribution in [0.25, 0.3) is 21.5 Å². The van der Waals surface area contributed by atoms with Gasteiger partial charge in [0.05, 0.1) is 16.9 Å². The number of nitrogens with zero attached hydrogens (tertiary/aromatic N) is 1. The highest BCUT2D eigenvalue weighted by Crippen LogP contribution is 2.51. The monoisotopic (exact) mass is 844 g/mol. The Bertz CT molecular complexity index is 2570. The van der Waals surface area contributed by atoms with Gasteiger partial charge in [-0.15, -0.1) is 0 Å². The number of carbonyl (C=O) groups excluding carboxylic acids is 1. The number of halogens is 1. The zero-order valence-corrected chi connectivity index (χ0v) is 36.0. The maximum Gasteiger partial charge on any atom is 0.264 e. The number of benzene rings is 4. The van der Waals surface area contributed by atoms with E-state index in [4.69, 9.17) is 16.2 Å². The van der Waals surface area contributed by atoms with Gasteiger partial charge in [-0.05, 0) is 127 Å². The molecule has 0 radical (unpaired) electrons. The minimum atomic E-state index is -4.05. The van der Waals surface area contributed by atoms with Crippen LogP contribution in [0.1, 0.15) is 83.8 Å². The summed E-state index contributed by atoms with van der Waals surface area (Å²) in [6.07, 6.45) is 11.8. The van der Waals surface area contributed by atoms with E-state index in [2.05, 4.69) is 60.5 Å². The van der Waals surface area contributed by atoms with Crippen molar-refractivity contribution in [3.63, 3.8) is 0 Å². The van der Waals surface area contributed by atoms with E-state index in [0.717, 1.165) is 69.2 Å². The van der Waals surface area contributed by atoms with Crippen molar-refractivity contribution in [1.82, 2.24) is 0 Å². The summed E-state index contributed by atoms with van der Waals surface area (Å²) in [6.45, 7) is 9.30. The molecule has 0 spiro atoms. The Morgan fingerprint density at radius 2 is 1.45 bits per heavy atom. The average Bonchev–Trinajstić information content (AvgIpc) is 3.39. The summed E-state index contributed by atoms with van der Waals surface area (Å²) in [5.74, 6) is -0.669. The number of hydrogen-bond donors (Lipinski definition) is 3. The fourth-order valence-corrected chi connectivity index (χ4v) is 9.90. The first-order chi connectivity index (χ1) is 27.4. The molecule has 0 fully saturated rings. The highest BCUT2D eigenvalue weighted by atomic mass is 35.5. The van der Waals surface area contributed by atoms with Crippen molar-refractivity contribution >= 4 is 70.5 Å². The average molecular weight is 846 g/mol. The molecule has 308 valence electrons. The van der Waals surface area contributed by atoms with Gasteiger partial charge in [-0.1, -0.05) is 98.3 Å². The zero-order valence-electron chi connectivity index (χ0n) is 33.6. The van der Waals surface area contributed by atoms with E-state index in [1.165, 1.54) is 10.9 Å². The Morgan fingerprint density at radius 3 is 2.14 bits per heavy atom. The van der Waals surface area contributed by atoms with Gasteiger partial charge in [0.2, 0.25) is 0 Å². The fourth-order valence-electron chi connectivity index (χ4n) is 8.45. The second-order valence-corrected chi connectivity index (χ2v) is 19.9. The van der Waals surface area contributed by atoms with Gasteiger partial charge in [-0.3, -0.25) is 13.9 Å². The van der Waals surface area contributed by atoms with Crippen LogP contribution in [0, 0.1) is 0 Å². The van der Waals surface area contributed by atoms with Gasteiger partial charge in [-0.25, -0.2) is 0 Å². The summed E-state index contributed by atoms with van der Waals surface area (Å²) >= 11 is 7.15. The van der Waals surface area contributed by atoms with Gasteiger partial charge in [-0.2, -0.15) is 16.8 Å². The summed E-state index contributed by atoms with van der Waals surface area (Å²) in [4.78, 5) is 16.5. The van der Waals surface area contributed by atoms with Crippen LogP contribution >= 0.6 is 11.6 Å². The minimum Gasteiger partial charge on any atom is -0.385 e. The lowest BCUT2D eigenvalue weighted by molar-refractivity contribution is -0.118. The zero-order chi connectivity index (χ0) is 41.9. The molecule has 0 bridgehead atoms.